The van der Waals surface area contributed by atoms with E-state index in [-0.39, 0.29) is 6.04 Å². The van der Waals surface area contributed by atoms with Gasteiger partial charge >= 0.3 is 0 Å². The van der Waals surface area contributed by atoms with E-state index >= 15 is 0 Å². The molecule has 0 fully saturated rings. The number of nitrogens with two attached hydrogens (primary N) is 1. The first-order valence-corrected chi connectivity index (χ1v) is 7.45. The highest BCUT2D eigenvalue weighted by Gasteiger charge is 2.09. The molecule has 1 unspecified atom stereocenters. The molecule has 0 amide bonds. The second kappa shape index (κ2) is 6.72. The van der Waals surface area contributed by atoms with E-state index in [1.165, 1.54) is 11.1 Å². The van der Waals surface area contributed by atoms with Gasteiger partial charge in [-0.05, 0) is 61.9 Å². The summed E-state index contributed by atoms with van der Waals surface area (Å²) < 4.78 is 6.07. The Bertz CT molecular complexity index is 623. The predicted molar refractivity (Wildman–Crippen MR) is 86.9 cm³/mol. The van der Waals surface area contributed by atoms with E-state index in [0.717, 1.165) is 35.5 Å². The number of aromatic nitrogens is 1. The molecule has 2 aromatic rings. The summed E-state index contributed by atoms with van der Waals surface area (Å²) >= 11 is 0. The molecule has 0 aliphatic rings. The molecule has 21 heavy (non-hydrogen) atoms. The minimum Gasteiger partial charge on any atom is -0.455 e. The van der Waals surface area contributed by atoms with Crippen molar-refractivity contribution in [2.45, 2.75) is 46.6 Å². The van der Waals surface area contributed by atoms with Gasteiger partial charge in [0.05, 0.1) is 6.20 Å². The van der Waals surface area contributed by atoms with E-state index in [1.54, 1.807) is 6.20 Å². The molecule has 1 aromatic carbocycles. The van der Waals surface area contributed by atoms with Gasteiger partial charge in [-0.25, -0.2) is 0 Å². The van der Waals surface area contributed by atoms with Crippen molar-refractivity contribution < 1.29 is 4.74 Å². The highest BCUT2D eigenvalue weighted by Crippen LogP contribution is 2.30. The van der Waals surface area contributed by atoms with Gasteiger partial charge in [0.25, 0.3) is 0 Å². The number of hydrogen-bond acceptors (Lipinski definition) is 3. The monoisotopic (exact) mass is 284 g/mol. The van der Waals surface area contributed by atoms with Crippen molar-refractivity contribution in [3.63, 3.8) is 0 Å². The fourth-order valence-corrected chi connectivity index (χ4v) is 2.28. The van der Waals surface area contributed by atoms with Gasteiger partial charge < -0.3 is 10.5 Å². The molecular formula is C18H24N2O. The van der Waals surface area contributed by atoms with Gasteiger partial charge in [0.2, 0.25) is 0 Å². The molecule has 2 N–H and O–H groups in total. The van der Waals surface area contributed by atoms with Gasteiger partial charge in [-0.15, -0.1) is 0 Å². The van der Waals surface area contributed by atoms with E-state index in [2.05, 4.69) is 44.8 Å². The van der Waals surface area contributed by atoms with Crippen LogP contribution in [-0.4, -0.2) is 11.0 Å². The van der Waals surface area contributed by atoms with Crippen molar-refractivity contribution in [3.05, 3.63) is 52.8 Å². The van der Waals surface area contributed by atoms with Gasteiger partial charge in [0, 0.05) is 12.2 Å². The maximum Gasteiger partial charge on any atom is 0.146 e. The lowest BCUT2D eigenvalue weighted by molar-refractivity contribution is 0.471. The number of hydrogen-bond donors (Lipinski definition) is 1. The highest BCUT2D eigenvalue weighted by atomic mass is 16.5. The molecule has 0 radical (unpaired) electrons. The van der Waals surface area contributed by atoms with Crippen LogP contribution in [0.25, 0.3) is 0 Å². The fraction of sp³-hybridized carbons (Fsp3) is 0.389. The lowest BCUT2D eigenvalue weighted by atomic mass is 10.1. The number of rotatable bonds is 5. The summed E-state index contributed by atoms with van der Waals surface area (Å²) in [6.07, 6.45) is 5.40. The Morgan fingerprint density at radius 2 is 1.86 bits per heavy atom. The standard InChI is InChI=1S/C18H24N2O/c1-5-16(19)8-15-9-17(11-20-10-15)21-18-13(3)7-6-12(2)14(18)4/h6-7,9-11,16H,5,8,19H2,1-4H3. The summed E-state index contributed by atoms with van der Waals surface area (Å²) in [5.74, 6) is 1.70. The maximum absolute atomic E-state index is 6.07. The van der Waals surface area contributed by atoms with Gasteiger partial charge in [-0.3, -0.25) is 4.98 Å². The van der Waals surface area contributed by atoms with Crippen LogP contribution in [0.5, 0.6) is 11.5 Å². The molecule has 3 heteroatoms. The summed E-state index contributed by atoms with van der Waals surface area (Å²) in [4.78, 5) is 4.27. The quantitative estimate of drug-likeness (QED) is 0.900. The van der Waals surface area contributed by atoms with Gasteiger partial charge in [0.1, 0.15) is 11.5 Å². The lowest BCUT2D eigenvalue weighted by Crippen LogP contribution is -2.21. The molecule has 1 heterocycles. The molecule has 0 spiro atoms. The largest absolute Gasteiger partial charge is 0.455 e. The molecule has 1 atom stereocenters. The lowest BCUT2D eigenvalue weighted by Gasteiger charge is -2.14. The molecule has 0 saturated carbocycles. The minimum absolute atomic E-state index is 0.171. The van der Waals surface area contributed by atoms with Crippen LogP contribution >= 0.6 is 0 Å². The zero-order chi connectivity index (χ0) is 15.4. The average molecular weight is 284 g/mol. The molecule has 0 saturated heterocycles. The molecule has 112 valence electrons. The molecule has 0 aliphatic heterocycles. The number of pyridine rings is 1. The van der Waals surface area contributed by atoms with Crippen molar-refractivity contribution in [3.8, 4) is 11.5 Å². The topological polar surface area (TPSA) is 48.1 Å². The molecule has 0 aliphatic carbocycles. The Morgan fingerprint density at radius 1 is 1.14 bits per heavy atom. The maximum atomic E-state index is 6.07. The Kier molecular flexibility index (Phi) is 4.97. The molecule has 2 rings (SSSR count). The van der Waals surface area contributed by atoms with Crippen molar-refractivity contribution in [1.29, 1.82) is 0 Å². The van der Waals surface area contributed by atoms with Gasteiger partial charge in [0.15, 0.2) is 0 Å². The minimum atomic E-state index is 0.171. The second-order valence-electron chi connectivity index (χ2n) is 5.66. The Balaban J connectivity index is 2.24. The van der Waals surface area contributed by atoms with E-state index in [9.17, 15) is 0 Å². The fourth-order valence-electron chi connectivity index (χ4n) is 2.28. The average Bonchev–Trinajstić information content (AvgIpc) is 2.48. The third-order valence-electron chi connectivity index (χ3n) is 3.89. The Hall–Kier alpha value is -1.87. The molecule has 3 nitrogen and oxygen atoms in total. The summed E-state index contributed by atoms with van der Waals surface area (Å²) in [6, 6.07) is 6.41. The zero-order valence-electron chi connectivity index (χ0n) is 13.3. The number of benzene rings is 1. The number of nitrogens with zero attached hydrogens (tertiary/aromatic N) is 1. The highest BCUT2D eigenvalue weighted by molar-refractivity contribution is 5.46. The number of aryl methyl sites for hydroxylation is 2. The SMILES string of the molecule is CCC(N)Cc1cncc(Oc2c(C)ccc(C)c2C)c1. The summed E-state index contributed by atoms with van der Waals surface area (Å²) in [5, 5.41) is 0. The van der Waals surface area contributed by atoms with Crippen molar-refractivity contribution in [2.75, 3.05) is 0 Å². The molecular weight excluding hydrogens is 260 g/mol. The van der Waals surface area contributed by atoms with Crippen LogP contribution in [0.4, 0.5) is 0 Å². The third kappa shape index (κ3) is 3.82. The van der Waals surface area contributed by atoms with Crippen LogP contribution in [0.15, 0.2) is 30.6 Å². The summed E-state index contributed by atoms with van der Waals surface area (Å²) in [6.45, 7) is 8.34. The first kappa shape index (κ1) is 15.5. The van der Waals surface area contributed by atoms with Crippen LogP contribution < -0.4 is 10.5 Å². The second-order valence-corrected chi connectivity index (χ2v) is 5.66. The molecule has 1 aromatic heterocycles. The smallest absolute Gasteiger partial charge is 0.146 e. The van der Waals surface area contributed by atoms with Crippen LogP contribution in [0.1, 0.15) is 35.6 Å². The van der Waals surface area contributed by atoms with Crippen molar-refractivity contribution in [1.82, 2.24) is 4.98 Å². The zero-order valence-corrected chi connectivity index (χ0v) is 13.3. The van der Waals surface area contributed by atoms with E-state index < -0.39 is 0 Å². The first-order valence-electron chi connectivity index (χ1n) is 7.45. The van der Waals surface area contributed by atoms with Crippen LogP contribution in [-0.2, 0) is 6.42 Å². The molecule has 0 bridgehead atoms. The number of ether oxygens (including phenoxy) is 1. The van der Waals surface area contributed by atoms with Crippen LogP contribution in [0, 0.1) is 20.8 Å². The third-order valence-corrected chi connectivity index (χ3v) is 3.89. The summed E-state index contributed by atoms with van der Waals surface area (Å²) in [5.41, 5.74) is 10.7. The van der Waals surface area contributed by atoms with Gasteiger partial charge in [-0.1, -0.05) is 19.1 Å². The predicted octanol–water partition coefficient (Wildman–Crippen LogP) is 4.08. The van der Waals surface area contributed by atoms with Crippen LogP contribution in [0.2, 0.25) is 0 Å². The van der Waals surface area contributed by atoms with E-state index in [1.807, 2.05) is 12.3 Å². The Morgan fingerprint density at radius 3 is 2.57 bits per heavy atom. The first-order chi connectivity index (χ1) is 10.0. The van der Waals surface area contributed by atoms with Gasteiger partial charge in [-0.2, -0.15) is 0 Å². The van der Waals surface area contributed by atoms with E-state index in [4.69, 9.17) is 10.5 Å². The summed E-state index contributed by atoms with van der Waals surface area (Å²) in [7, 11) is 0. The van der Waals surface area contributed by atoms with Crippen molar-refractivity contribution in [2.24, 2.45) is 5.73 Å². The normalized spacial score (nSPS) is 12.2. The van der Waals surface area contributed by atoms with E-state index in [0.29, 0.717) is 0 Å². The Labute approximate surface area is 127 Å². The van der Waals surface area contributed by atoms with Crippen LogP contribution in [0.3, 0.4) is 0 Å². The van der Waals surface area contributed by atoms with Crippen molar-refractivity contribution >= 4 is 0 Å².